The molecule has 0 unspecified atom stereocenters. The summed E-state index contributed by atoms with van der Waals surface area (Å²) in [5, 5.41) is 3.59. The van der Waals surface area contributed by atoms with Crippen LogP contribution in [0.1, 0.15) is 18.6 Å². The second-order valence-corrected chi connectivity index (χ2v) is 6.47. The Morgan fingerprint density at radius 2 is 1.95 bits per heavy atom. The van der Waals surface area contributed by atoms with Crippen LogP contribution in [0.4, 0.5) is 8.78 Å². The third-order valence-electron chi connectivity index (χ3n) is 2.42. The zero-order valence-electron chi connectivity index (χ0n) is 10.6. The van der Waals surface area contributed by atoms with Crippen molar-refractivity contribution in [2.24, 2.45) is 0 Å². The molecule has 0 saturated carbocycles. The number of aryl methyl sites for hydroxylation is 1. The van der Waals surface area contributed by atoms with E-state index in [9.17, 15) is 17.2 Å². The predicted molar refractivity (Wildman–Crippen MR) is 67.4 cm³/mol. The number of benzene rings is 1. The van der Waals surface area contributed by atoms with E-state index in [4.69, 9.17) is 19.9 Å². The highest BCUT2D eigenvalue weighted by Crippen LogP contribution is 2.27. The molecule has 2 rings (SSSR count). The van der Waals surface area contributed by atoms with Crippen LogP contribution < -0.4 is 4.74 Å². The maximum Gasteiger partial charge on any atom is 0.264 e. The minimum atomic E-state index is -4.24. The fourth-order valence-electron chi connectivity index (χ4n) is 1.44. The van der Waals surface area contributed by atoms with Gasteiger partial charge in [-0.05, 0) is 12.1 Å². The standard InChI is InChI=1S/C11H9ClF2N2O4S/c1-2-9-15-10(20-16-9)5-19-11-7(13)3-6(4-8(11)14)21(12,17)18/h3-4H,2,5H2,1H3. The van der Waals surface area contributed by atoms with Gasteiger partial charge in [0.25, 0.3) is 14.9 Å². The Morgan fingerprint density at radius 3 is 2.43 bits per heavy atom. The molecule has 0 N–H and O–H groups in total. The average Bonchev–Trinajstić information content (AvgIpc) is 2.84. The van der Waals surface area contributed by atoms with Crippen LogP contribution in [0.2, 0.25) is 0 Å². The van der Waals surface area contributed by atoms with Gasteiger partial charge in [0.2, 0.25) is 0 Å². The quantitative estimate of drug-likeness (QED) is 0.779. The molecule has 0 bridgehead atoms. The number of aromatic nitrogens is 2. The first-order valence-corrected chi connectivity index (χ1v) is 8.00. The maximum absolute atomic E-state index is 13.7. The molecule has 114 valence electrons. The van der Waals surface area contributed by atoms with E-state index in [1.54, 1.807) is 6.92 Å². The average molecular weight is 339 g/mol. The molecular formula is C11H9ClF2N2O4S. The lowest BCUT2D eigenvalue weighted by atomic mass is 10.3. The predicted octanol–water partition coefficient (Wildman–Crippen LogP) is 2.42. The van der Waals surface area contributed by atoms with Crippen LogP contribution in [0.3, 0.4) is 0 Å². The van der Waals surface area contributed by atoms with E-state index in [1.165, 1.54) is 0 Å². The SMILES string of the molecule is CCc1noc(COc2c(F)cc(S(=O)(=O)Cl)cc2F)n1. The monoisotopic (exact) mass is 338 g/mol. The summed E-state index contributed by atoms with van der Waals surface area (Å²) in [7, 11) is 0.775. The lowest BCUT2D eigenvalue weighted by molar-refractivity contribution is 0.224. The molecule has 10 heteroatoms. The van der Waals surface area contributed by atoms with Crippen LogP contribution >= 0.6 is 10.7 Å². The van der Waals surface area contributed by atoms with Gasteiger partial charge in [0.15, 0.2) is 29.8 Å². The van der Waals surface area contributed by atoms with Crippen molar-refractivity contribution in [2.45, 2.75) is 24.8 Å². The molecular weight excluding hydrogens is 330 g/mol. The van der Waals surface area contributed by atoms with Gasteiger partial charge in [-0.25, -0.2) is 17.2 Å². The van der Waals surface area contributed by atoms with Gasteiger partial charge in [-0.2, -0.15) is 4.98 Å². The lowest BCUT2D eigenvalue weighted by Crippen LogP contribution is -2.02. The van der Waals surface area contributed by atoms with E-state index in [2.05, 4.69) is 10.1 Å². The van der Waals surface area contributed by atoms with Crippen molar-refractivity contribution in [1.82, 2.24) is 10.1 Å². The Labute approximate surface area is 123 Å². The molecule has 6 nitrogen and oxygen atoms in total. The van der Waals surface area contributed by atoms with Gasteiger partial charge in [-0.15, -0.1) is 0 Å². The number of nitrogens with zero attached hydrogens (tertiary/aromatic N) is 2. The second-order valence-electron chi connectivity index (χ2n) is 3.90. The number of hydrogen-bond donors (Lipinski definition) is 0. The molecule has 0 aliphatic heterocycles. The van der Waals surface area contributed by atoms with Crippen LogP contribution in [0, 0.1) is 11.6 Å². The van der Waals surface area contributed by atoms with E-state index in [-0.39, 0.29) is 12.5 Å². The van der Waals surface area contributed by atoms with Crippen molar-refractivity contribution in [3.63, 3.8) is 0 Å². The molecule has 0 atom stereocenters. The molecule has 0 spiro atoms. The molecule has 21 heavy (non-hydrogen) atoms. The van der Waals surface area contributed by atoms with Crippen LogP contribution in [-0.2, 0) is 22.1 Å². The zero-order chi connectivity index (χ0) is 15.6. The first-order valence-electron chi connectivity index (χ1n) is 5.69. The van der Waals surface area contributed by atoms with E-state index in [0.29, 0.717) is 24.4 Å². The van der Waals surface area contributed by atoms with E-state index < -0.39 is 31.3 Å². The molecule has 0 amide bonds. The number of ether oxygens (including phenoxy) is 1. The number of halogens is 3. The highest BCUT2D eigenvalue weighted by Gasteiger charge is 2.19. The molecule has 0 aliphatic rings. The first-order chi connectivity index (χ1) is 9.81. The first kappa shape index (κ1) is 15.6. The highest BCUT2D eigenvalue weighted by molar-refractivity contribution is 8.13. The molecule has 0 radical (unpaired) electrons. The molecule has 0 fully saturated rings. The van der Waals surface area contributed by atoms with Crippen molar-refractivity contribution >= 4 is 19.7 Å². The minimum Gasteiger partial charge on any atom is -0.478 e. The maximum atomic E-state index is 13.7. The Hall–Kier alpha value is -1.74. The van der Waals surface area contributed by atoms with Gasteiger partial charge in [-0.3, -0.25) is 0 Å². The fraction of sp³-hybridized carbons (Fsp3) is 0.273. The van der Waals surface area contributed by atoms with Crippen molar-refractivity contribution in [3.8, 4) is 5.75 Å². The largest absolute Gasteiger partial charge is 0.478 e. The lowest BCUT2D eigenvalue weighted by Gasteiger charge is -2.07. The van der Waals surface area contributed by atoms with Crippen LogP contribution in [0.15, 0.2) is 21.6 Å². The summed E-state index contributed by atoms with van der Waals surface area (Å²) in [6, 6.07) is 1.12. The number of hydrogen-bond acceptors (Lipinski definition) is 6. The van der Waals surface area contributed by atoms with Crippen LogP contribution in [0.25, 0.3) is 0 Å². The highest BCUT2D eigenvalue weighted by atomic mass is 35.7. The summed E-state index contributed by atoms with van der Waals surface area (Å²) in [5.74, 6) is -2.69. The smallest absolute Gasteiger partial charge is 0.264 e. The Balaban J connectivity index is 2.21. The topological polar surface area (TPSA) is 82.3 Å². The van der Waals surface area contributed by atoms with Crippen LogP contribution in [0.5, 0.6) is 5.75 Å². The summed E-state index contributed by atoms with van der Waals surface area (Å²) in [6.07, 6.45) is 0.536. The Morgan fingerprint density at radius 1 is 1.33 bits per heavy atom. The summed E-state index contributed by atoms with van der Waals surface area (Å²) in [4.78, 5) is 3.20. The summed E-state index contributed by atoms with van der Waals surface area (Å²) >= 11 is 0. The Bertz CT molecular complexity index is 740. The van der Waals surface area contributed by atoms with Crippen molar-refractivity contribution in [1.29, 1.82) is 0 Å². The van der Waals surface area contributed by atoms with Crippen molar-refractivity contribution in [2.75, 3.05) is 0 Å². The van der Waals surface area contributed by atoms with E-state index in [1.807, 2.05) is 0 Å². The molecule has 1 heterocycles. The molecule has 1 aromatic heterocycles. The molecule has 2 aromatic rings. The van der Waals surface area contributed by atoms with Gasteiger partial charge >= 0.3 is 0 Å². The fourth-order valence-corrected chi connectivity index (χ4v) is 2.20. The van der Waals surface area contributed by atoms with Gasteiger partial charge < -0.3 is 9.26 Å². The molecule has 0 saturated heterocycles. The van der Waals surface area contributed by atoms with Crippen LogP contribution in [-0.4, -0.2) is 18.6 Å². The van der Waals surface area contributed by atoms with E-state index in [0.717, 1.165) is 0 Å². The Kier molecular flexibility index (Phi) is 4.43. The number of rotatable bonds is 5. The van der Waals surface area contributed by atoms with Crippen molar-refractivity contribution < 1.29 is 26.5 Å². The summed E-state index contributed by atoms with van der Waals surface area (Å²) < 4.78 is 59.0. The summed E-state index contributed by atoms with van der Waals surface area (Å²) in [5.41, 5.74) is 0. The zero-order valence-corrected chi connectivity index (χ0v) is 12.2. The third-order valence-corrected chi connectivity index (χ3v) is 3.75. The second kappa shape index (κ2) is 5.94. The van der Waals surface area contributed by atoms with Gasteiger partial charge in [0.05, 0.1) is 4.90 Å². The minimum absolute atomic E-state index is 0.0414. The normalized spacial score (nSPS) is 11.6. The summed E-state index contributed by atoms with van der Waals surface area (Å²) in [6.45, 7) is 1.45. The van der Waals surface area contributed by atoms with Gasteiger partial charge in [0, 0.05) is 17.1 Å². The van der Waals surface area contributed by atoms with Gasteiger partial charge in [0.1, 0.15) is 0 Å². The molecule has 1 aromatic carbocycles. The third kappa shape index (κ3) is 3.67. The van der Waals surface area contributed by atoms with Crippen molar-refractivity contribution in [3.05, 3.63) is 35.5 Å². The molecule has 0 aliphatic carbocycles. The van der Waals surface area contributed by atoms with E-state index >= 15 is 0 Å². The van der Waals surface area contributed by atoms with Gasteiger partial charge in [-0.1, -0.05) is 12.1 Å².